The van der Waals surface area contributed by atoms with E-state index >= 15 is 0 Å². The second-order valence-corrected chi connectivity index (χ2v) is 5.28. The Kier molecular flexibility index (Phi) is 5.47. The minimum absolute atomic E-state index is 0.320. The highest BCUT2D eigenvalue weighted by Gasteiger charge is 2.19. The molecule has 0 radical (unpaired) electrons. The van der Waals surface area contributed by atoms with E-state index < -0.39 is 23.3 Å². The summed E-state index contributed by atoms with van der Waals surface area (Å²) in [4.78, 5) is 48.6. The molecule has 1 aromatic carbocycles. The zero-order valence-corrected chi connectivity index (χ0v) is 13.4. The Morgan fingerprint density at radius 1 is 1.17 bits per heavy atom. The zero-order valence-electron chi connectivity index (χ0n) is 13.4. The van der Waals surface area contributed by atoms with E-state index in [2.05, 4.69) is 0 Å². The van der Waals surface area contributed by atoms with E-state index in [0.29, 0.717) is 5.56 Å². The molecule has 0 unspecified atom stereocenters. The number of rotatable bonds is 6. The summed E-state index contributed by atoms with van der Waals surface area (Å²) in [5.74, 6) is -1.06. The second-order valence-electron chi connectivity index (χ2n) is 5.28. The van der Waals surface area contributed by atoms with Crippen LogP contribution in [0, 0.1) is 0 Å². The third-order valence-electron chi connectivity index (χ3n) is 3.52. The molecule has 24 heavy (non-hydrogen) atoms. The molecule has 0 aliphatic rings. The molecule has 7 nitrogen and oxygen atoms in total. The predicted octanol–water partition coefficient (Wildman–Crippen LogP) is 0.914. The Hall–Kier alpha value is -2.96. The number of hydrogen-bond acceptors (Lipinski definition) is 5. The molecule has 1 atom stereocenters. The van der Waals surface area contributed by atoms with E-state index in [1.807, 2.05) is 24.0 Å². The number of benzene rings is 1. The lowest BCUT2D eigenvalue weighted by Gasteiger charge is -2.13. The minimum Gasteiger partial charge on any atom is -0.453 e. The van der Waals surface area contributed by atoms with E-state index in [0.717, 1.165) is 22.6 Å². The van der Waals surface area contributed by atoms with Crippen molar-refractivity contribution < 1.29 is 14.3 Å². The van der Waals surface area contributed by atoms with Crippen LogP contribution >= 0.6 is 0 Å². The summed E-state index contributed by atoms with van der Waals surface area (Å²) >= 11 is 0. The quantitative estimate of drug-likeness (QED) is 0.627. The van der Waals surface area contributed by atoms with Crippen molar-refractivity contribution in [1.82, 2.24) is 9.55 Å². The number of carbonyl (C=O) groups excluding carboxylic acids is 2. The average molecular weight is 330 g/mol. The molecular formula is C17H18N2O5. The van der Waals surface area contributed by atoms with Gasteiger partial charge >= 0.3 is 11.7 Å². The normalized spacial score (nSPS) is 11.8. The van der Waals surface area contributed by atoms with E-state index in [-0.39, 0.29) is 12.3 Å². The Morgan fingerprint density at radius 2 is 1.83 bits per heavy atom. The molecule has 0 saturated carbocycles. The first kappa shape index (κ1) is 17.4. The number of hydrogen-bond donors (Lipinski definition) is 1. The van der Waals surface area contributed by atoms with Crippen molar-refractivity contribution >= 4 is 11.8 Å². The summed E-state index contributed by atoms with van der Waals surface area (Å²) in [6.45, 7) is 3.10. The Labute approximate surface area is 137 Å². The molecule has 0 aliphatic carbocycles. The van der Waals surface area contributed by atoms with Crippen LogP contribution < -0.4 is 11.2 Å². The molecule has 1 N–H and O–H groups in total. The zero-order chi connectivity index (χ0) is 17.7. The van der Waals surface area contributed by atoms with Crippen LogP contribution in [-0.4, -0.2) is 27.4 Å². The molecule has 2 aromatic rings. The Bertz CT molecular complexity index is 848. The van der Waals surface area contributed by atoms with Gasteiger partial charge in [0.05, 0.1) is 0 Å². The number of nitrogens with one attached hydrogen (secondary N) is 1. The maximum atomic E-state index is 12.3. The van der Waals surface area contributed by atoms with E-state index in [1.165, 1.54) is 13.1 Å². The van der Waals surface area contributed by atoms with Crippen molar-refractivity contribution in [3.05, 3.63) is 68.5 Å². The van der Waals surface area contributed by atoms with Crippen molar-refractivity contribution in [1.29, 1.82) is 0 Å². The van der Waals surface area contributed by atoms with Crippen LogP contribution in [0.15, 0.2) is 46.1 Å². The third-order valence-corrected chi connectivity index (χ3v) is 3.52. The standard InChI is InChI=1S/C17H18N2O5/c1-3-12-4-6-13(7-5-12)16(22)11(2)24-15(21)10-19-9-8-14(20)18-17(19)23/h4-9,11H,3,10H2,1-2H3,(H,18,20,23)/t11-/m0/s1. The number of esters is 1. The number of ether oxygens (including phenoxy) is 1. The van der Waals surface area contributed by atoms with Crippen molar-refractivity contribution in [2.45, 2.75) is 32.9 Å². The molecule has 0 spiro atoms. The number of ketones is 1. The first-order valence-electron chi connectivity index (χ1n) is 7.53. The van der Waals surface area contributed by atoms with E-state index in [4.69, 9.17) is 4.74 Å². The highest BCUT2D eigenvalue weighted by molar-refractivity contribution is 6.00. The molecule has 0 aliphatic heterocycles. The molecule has 1 aromatic heterocycles. The first-order chi connectivity index (χ1) is 11.4. The van der Waals surface area contributed by atoms with Crippen LogP contribution in [0.4, 0.5) is 0 Å². The SMILES string of the molecule is CCc1ccc(C(=O)[C@H](C)OC(=O)Cn2ccc(=O)[nH]c2=O)cc1. The lowest BCUT2D eigenvalue weighted by atomic mass is 10.0. The van der Waals surface area contributed by atoms with Crippen LogP contribution in [0.1, 0.15) is 29.8 Å². The maximum Gasteiger partial charge on any atom is 0.328 e. The topological polar surface area (TPSA) is 98.2 Å². The van der Waals surface area contributed by atoms with Gasteiger partial charge < -0.3 is 4.74 Å². The molecule has 0 bridgehead atoms. The first-order valence-corrected chi connectivity index (χ1v) is 7.53. The van der Waals surface area contributed by atoms with Gasteiger partial charge in [0.15, 0.2) is 6.10 Å². The summed E-state index contributed by atoms with van der Waals surface area (Å²) in [6.07, 6.45) is 1.09. The van der Waals surface area contributed by atoms with Gasteiger partial charge in [0.1, 0.15) is 6.54 Å². The molecule has 0 fully saturated rings. The number of nitrogens with zero attached hydrogens (tertiary/aromatic N) is 1. The molecular weight excluding hydrogens is 312 g/mol. The maximum absolute atomic E-state index is 12.3. The van der Waals surface area contributed by atoms with Crippen molar-refractivity contribution in [3.63, 3.8) is 0 Å². The van der Waals surface area contributed by atoms with Gasteiger partial charge in [-0.3, -0.25) is 23.9 Å². The van der Waals surface area contributed by atoms with Crippen LogP contribution in [0.25, 0.3) is 0 Å². The lowest BCUT2D eigenvalue weighted by Crippen LogP contribution is -2.33. The molecule has 2 rings (SSSR count). The Balaban J connectivity index is 2.00. The number of aromatic amines is 1. The van der Waals surface area contributed by atoms with Gasteiger partial charge in [-0.15, -0.1) is 0 Å². The summed E-state index contributed by atoms with van der Waals surface area (Å²) in [7, 11) is 0. The fraction of sp³-hybridized carbons (Fsp3) is 0.294. The summed E-state index contributed by atoms with van der Waals surface area (Å²) in [5, 5.41) is 0. The molecule has 126 valence electrons. The van der Waals surface area contributed by atoms with Crippen LogP contribution in [0.3, 0.4) is 0 Å². The third kappa shape index (κ3) is 4.28. The second kappa shape index (κ2) is 7.54. The fourth-order valence-electron chi connectivity index (χ4n) is 2.14. The number of aromatic nitrogens is 2. The van der Waals surface area contributed by atoms with Crippen LogP contribution in [0.2, 0.25) is 0 Å². The predicted molar refractivity (Wildman–Crippen MR) is 87.0 cm³/mol. The number of aryl methyl sites for hydroxylation is 1. The smallest absolute Gasteiger partial charge is 0.328 e. The van der Waals surface area contributed by atoms with Gasteiger partial charge in [0, 0.05) is 17.8 Å². The Morgan fingerprint density at radius 3 is 2.42 bits per heavy atom. The lowest BCUT2D eigenvalue weighted by molar-refractivity contribution is -0.147. The monoisotopic (exact) mass is 330 g/mol. The average Bonchev–Trinajstić information content (AvgIpc) is 2.56. The van der Waals surface area contributed by atoms with Crippen molar-refractivity contribution in [2.75, 3.05) is 0 Å². The van der Waals surface area contributed by atoms with E-state index in [9.17, 15) is 19.2 Å². The van der Waals surface area contributed by atoms with Gasteiger partial charge in [-0.25, -0.2) is 4.79 Å². The highest BCUT2D eigenvalue weighted by Crippen LogP contribution is 2.09. The number of carbonyl (C=O) groups is 2. The summed E-state index contributed by atoms with van der Waals surface area (Å²) in [6, 6.07) is 8.21. The number of Topliss-reactive ketones (excluding diaryl/α,β-unsaturated/α-hetero) is 1. The van der Waals surface area contributed by atoms with Gasteiger partial charge in [-0.2, -0.15) is 0 Å². The summed E-state index contributed by atoms with van der Waals surface area (Å²) < 4.78 is 6.07. The van der Waals surface area contributed by atoms with Crippen molar-refractivity contribution in [2.24, 2.45) is 0 Å². The van der Waals surface area contributed by atoms with Gasteiger partial charge in [-0.05, 0) is 18.9 Å². The van der Waals surface area contributed by atoms with Crippen molar-refractivity contribution in [3.8, 4) is 0 Å². The molecule has 0 saturated heterocycles. The molecule has 0 amide bonds. The van der Waals surface area contributed by atoms with Crippen LogP contribution in [0.5, 0.6) is 0 Å². The fourth-order valence-corrected chi connectivity index (χ4v) is 2.14. The van der Waals surface area contributed by atoms with Gasteiger partial charge in [-0.1, -0.05) is 31.2 Å². The van der Waals surface area contributed by atoms with Gasteiger partial charge in [0.25, 0.3) is 5.56 Å². The minimum atomic E-state index is -0.969. The van der Waals surface area contributed by atoms with Crippen LogP contribution in [-0.2, 0) is 22.5 Å². The van der Waals surface area contributed by atoms with E-state index in [1.54, 1.807) is 12.1 Å². The summed E-state index contributed by atoms with van der Waals surface area (Å²) in [5.41, 5.74) is 0.291. The van der Waals surface area contributed by atoms with Gasteiger partial charge in [0.2, 0.25) is 5.78 Å². The molecule has 1 heterocycles. The molecule has 7 heteroatoms. The highest BCUT2D eigenvalue weighted by atomic mass is 16.5. The number of H-pyrrole nitrogens is 1. The largest absolute Gasteiger partial charge is 0.453 e.